The molecule has 1 saturated heterocycles. The third-order valence-corrected chi connectivity index (χ3v) is 6.14. The number of aliphatic hydroxyl groups is 1. The Bertz CT molecular complexity index is 797. The molecule has 4 unspecified atom stereocenters. The number of carbonyl (C=O) groups is 1. The van der Waals surface area contributed by atoms with Gasteiger partial charge in [-0.15, -0.1) is 0 Å². The second-order valence-electron chi connectivity index (χ2n) is 8.21. The Labute approximate surface area is 172 Å². The molecule has 5 nitrogen and oxygen atoms in total. The largest absolute Gasteiger partial charge is 0.489 e. The lowest BCUT2D eigenvalue weighted by molar-refractivity contribution is -0.123. The first-order valence-electron chi connectivity index (χ1n) is 10.7. The van der Waals surface area contributed by atoms with Gasteiger partial charge in [0.15, 0.2) is 0 Å². The van der Waals surface area contributed by atoms with Crippen molar-refractivity contribution in [2.45, 2.75) is 56.9 Å². The first-order chi connectivity index (χ1) is 14.2. The molecular weight excluding hydrogens is 364 g/mol. The van der Waals surface area contributed by atoms with Crippen molar-refractivity contribution in [1.29, 1.82) is 0 Å². The van der Waals surface area contributed by atoms with Crippen LogP contribution in [0.1, 0.15) is 49.3 Å². The maximum Gasteiger partial charge on any atom is 0.237 e. The predicted octanol–water partition coefficient (Wildman–Crippen LogP) is 3.34. The van der Waals surface area contributed by atoms with E-state index in [9.17, 15) is 9.90 Å². The van der Waals surface area contributed by atoms with Gasteiger partial charge in [0.2, 0.25) is 5.91 Å². The Morgan fingerprint density at radius 3 is 2.79 bits per heavy atom. The monoisotopic (exact) mass is 394 g/mol. The Kier molecular flexibility index (Phi) is 6.47. The fraction of sp³-hybridized carbons (Fsp3) is 0.458. The lowest BCUT2D eigenvalue weighted by atomic mass is 9.85. The van der Waals surface area contributed by atoms with Crippen LogP contribution >= 0.6 is 0 Å². The molecule has 154 valence electrons. The van der Waals surface area contributed by atoms with Gasteiger partial charge >= 0.3 is 0 Å². The Morgan fingerprint density at radius 1 is 1.14 bits per heavy atom. The van der Waals surface area contributed by atoms with Crippen LogP contribution in [0.15, 0.2) is 54.6 Å². The summed E-state index contributed by atoms with van der Waals surface area (Å²) in [5.74, 6) is 1.33. The minimum Gasteiger partial charge on any atom is -0.489 e. The van der Waals surface area contributed by atoms with Gasteiger partial charge in [-0.3, -0.25) is 4.79 Å². The highest BCUT2D eigenvalue weighted by Crippen LogP contribution is 2.33. The number of hydrogen-bond acceptors (Lipinski definition) is 4. The van der Waals surface area contributed by atoms with E-state index in [0.717, 1.165) is 17.5 Å². The van der Waals surface area contributed by atoms with E-state index in [1.807, 2.05) is 54.6 Å². The van der Waals surface area contributed by atoms with Gasteiger partial charge in [-0.2, -0.15) is 0 Å². The molecule has 0 aromatic heterocycles. The van der Waals surface area contributed by atoms with Gasteiger partial charge < -0.3 is 20.5 Å². The van der Waals surface area contributed by atoms with Crippen molar-refractivity contribution in [3.05, 3.63) is 65.7 Å². The first kappa shape index (κ1) is 19.9. The van der Waals surface area contributed by atoms with Crippen molar-refractivity contribution < 1.29 is 14.6 Å². The molecule has 1 amide bonds. The average Bonchev–Trinajstić information content (AvgIpc) is 3.21. The van der Waals surface area contributed by atoms with E-state index >= 15 is 0 Å². The van der Waals surface area contributed by atoms with Crippen LogP contribution in [0, 0.1) is 5.92 Å². The standard InChI is InChI=1S/C24H30N2O3/c27-23(15-25-24(28)22-14-18-9-4-5-12-21(18)26-22)19-10-6-11-20(13-19)29-16-17-7-2-1-3-8-17/h1-3,6-8,10-11,13,18,21-23,26-27H,4-5,9,12,14-16H2,(H,25,28). The summed E-state index contributed by atoms with van der Waals surface area (Å²) in [7, 11) is 0. The Balaban J connectivity index is 1.27. The van der Waals surface area contributed by atoms with Gasteiger partial charge in [-0.25, -0.2) is 0 Å². The zero-order valence-electron chi connectivity index (χ0n) is 16.7. The molecule has 1 saturated carbocycles. The summed E-state index contributed by atoms with van der Waals surface area (Å²) in [6.07, 6.45) is 5.08. The van der Waals surface area contributed by atoms with Crippen LogP contribution in [0.5, 0.6) is 5.75 Å². The summed E-state index contributed by atoms with van der Waals surface area (Å²) < 4.78 is 5.84. The van der Waals surface area contributed by atoms with E-state index < -0.39 is 6.10 Å². The van der Waals surface area contributed by atoms with E-state index in [-0.39, 0.29) is 18.5 Å². The number of rotatable bonds is 7. The van der Waals surface area contributed by atoms with E-state index in [1.165, 1.54) is 25.7 Å². The molecule has 4 atom stereocenters. The number of carbonyl (C=O) groups excluding carboxylic acids is 1. The van der Waals surface area contributed by atoms with Gasteiger partial charge in [0.05, 0.1) is 12.1 Å². The molecule has 0 radical (unpaired) electrons. The highest BCUT2D eigenvalue weighted by molar-refractivity contribution is 5.82. The van der Waals surface area contributed by atoms with Gasteiger partial charge in [0.1, 0.15) is 12.4 Å². The lowest BCUT2D eigenvalue weighted by Gasteiger charge is -2.24. The van der Waals surface area contributed by atoms with E-state index in [4.69, 9.17) is 4.74 Å². The topological polar surface area (TPSA) is 70.6 Å². The van der Waals surface area contributed by atoms with Crippen LogP contribution in [0.25, 0.3) is 0 Å². The van der Waals surface area contributed by atoms with Crippen molar-refractivity contribution in [1.82, 2.24) is 10.6 Å². The van der Waals surface area contributed by atoms with Gasteiger partial charge in [0.25, 0.3) is 0 Å². The lowest BCUT2D eigenvalue weighted by Crippen LogP contribution is -2.44. The Hall–Kier alpha value is -2.37. The molecule has 1 heterocycles. The fourth-order valence-corrected chi connectivity index (χ4v) is 4.51. The van der Waals surface area contributed by atoms with Crippen molar-refractivity contribution in [2.24, 2.45) is 5.92 Å². The highest BCUT2D eigenvalue weighted by atomic mass is 16.5. The van der Waals surface area contributed by atoms with Crippen LogP contribution < -0.4 is 15.4 Å². The van der Waals surface area contributed by atoms with Crippen LogP contribution in [-0.2, 0) is 11.4 Å². The van der Waals surface area contributed by atoms with Crippen molar-refractivity contribution in [3.63, 3.8) is 0 Å². The third kappa shape index (κ3) is 5.17. The molecule has 3 N–H and O–H groups in total. The SMILES string of the molecule is O=C(NCC(O)c1cccc(OCc2ccccc2)c1)C1CC2CCCCC2N1. The minimum atomic E-state index is -0.761. The van der Waals surface area contributed by atoms with Gasteiger partial charge in [0, 0.05) is 12.6 Å². The van der Waals surface area contributed by atoms with E-state index in [0.29, 0.717) is 24.3 Å². The molecule has 2 fully saturated rings. The fourth-order valence-electron chi connectivity index (χ4n) is 4.51. The number of nitrogens with one attached hydrogen (secondary N) is 2. The normalized spacial score (nSPS) is 24.5. The first-order valence-corrected chi connectivity index (χ1v) is 10.7. The average molecular weight is 395 g/mol. The molecule has 2 aromatic rings. The third-order valence-electron chi connectivity index (χ3n) is 6.14. The maximum absolute atomic E-state index is 12.5. The second-order valence-corrected chi connectivity index (χ2v) is 8.21. The van der Waals surface area contributed by atoms with Gasteiger partial charge in [-0.05, 0) is 48.4 Å². The number of aliphatic hydroxyl groups excluding tert-OH is 1. The summed E-state index contributed by atoms with van der Waals surface area (Å²) in [6, 6.07) is 17.8. The molecule has 2 aromatic carbocycles. The molecule has 1 aliphatic carbocycles. The summed E-state index contributed by atoms with van der Waals surface area (Å²) in [5, 5.41) is 16.9. The van der Waals surface area contributed by atoms with Crippen molar-refractivity contribution in [3.8, 4) is 5.75 Å². The summed E-state index contributed by atoms with van der Waals surface area (Å²) in [4.78, 5) is 12.5. The van der Waals surface area contributed by atoms with Crippen LogP contribution in [-0.4, -0.2) is 29.6 Å². The Morgan fingerprint density at radius 2 is 1.97 bits per heavy atom. The van der Waals surface area contributed by atoms with Gasteiger partial charge in [-0.1, -0.05) is 55.3 Å². The summed E-state index contributed by atoms with van der Waals surface area (Å²) in [5.41, 5.74) is 1.83. The van der Waals surface area contributed by atoms with E-state index in [2.05, 4.69) is 10.6 Å². The molecule has 0 bridgehead atoms. The number of ether oxygens (including phenoxy) is 1. The minimum absolute atomic E-state index is 0.00469. The van der Waals surface area contributed by atoms with Crippen LogP contribution in [0.3, 0.4) is 0 Å². The van der Waals surface area contributed by atoms with Crippen LogP contribution in [0.2, 0.25) is 0 Å². The molecule has 5 heteroatoms. The van der Waals surface area contributed by atoms with Crippen molar-refractivity contribution in [2.75, 3.05) is 6.54 Å². The molecule has 2 aliphatic rings. The summed E-state index contributed by atoms with van der Waals surface area (Å²) in [6.45, 7) is 0.682. The highest BCUT2D eigenvalue weighted by Gasteiger charge is 2.38. The zero-order chi connectivity index (χ0) is 20.1. The molecule has 4 rings (SSSR count). The van der Waals surface area contributed by atoms with Crippen LogP contribution in [0.4, 0.5) is 0 Å². The second kappa shape index (κ2) is 9.42. The molecule has 0 spiro atoms. The number of hydrogen-bond donors (Lipinski definition) is 3. The zero-order valence-corrected chi connectivity index (χ0v) is 16.7. The number of fused-ring (bicyclic) bond motifs is 1. The number of benzene rings is 2. The molecule has 29 heavy (non-hydrogen) atoms. The number of amides is 1. The smallest absolute Gasteiger partial charge is 0.237 e. The molecule has 1 aliphatic heterocycles. The van der Waals surface area contributed by atoms with E-state index in [1.54, 1.807) is 0 Å². The summed E-state index contributed by atoms with van der Waals surface area (Å²) >= 11 is 0. The predicted molar refractivity (Wildman–Crippen MR) is 112 cm³/mol. The molecular formula is C24H30N2O3. The van der Waals surface area contributed by atoms with Crippen molar-refractivity contribution >= 4 is 5.91 Å². The quantitative estimate of drug-likeness (QED) is 0.674. The maximum atomic E-state index is 12.5.